The number of carbonyl (C=O) groups is 1. The monoisotopic (exact) mass is 406 g/mol. The summed E-state index contributed by atoms with van der Waals surface area (Å²) < 4.78 is 22.7. The molecule has 0 spiro atoms. The Hall–Kier alpha value is -2.96. The number of hydrogen-bond donors (Lipinski definition) is 4. The number of rotatable bonds is 11. The van der Waals surface area contributed by atoms with Crippen LogP contribution in [0.5, 0.6) is 5.75 Å². The van der Waals surface area contributed by atoms with Crippen LogP contribution in [0.25, 0.3) is 0 Å². The Bertz CT molecular complexity index is 759. The van der Waals surface area contributed by atoms with Gasteiger partial charge in [0.15, 0.2) is 0 Å². The zero-order valence-corrected chi connectivity index (χ0v) is 15.5. The summed E-state index contributed by atoms with van der Waals surface area (Å²) in [4.78, 5) is 10.3. The minimum Gasteiger partial charge on any atom is -0.491 e. The Kier molecular flexibility index (Phi) is 11.7. The van der Waals surface area contributed by atoms with Crippen molar-refractivity contribution in [1.82, 2.24) is 0 Å². The van der Waals surface area contributed by atoms with E-state index in [0.717, 1.165) is 0 Å². The highest BCUT2D eigenvalue weighted by Gasteiger charge is 2.13. The van der Waals surface area contributed by atoms with E-state index in [4.69, 9.17) is 9.84 Å². The van der Waals surface area contributed by atoms with E-state index in [1.165, 1.54) is 60.7 Å². The molecule has 0 saturated heterocycles. The Morgan fingerprint density at radius 2 is 1.72 bits per heavy atom. The molecule has 0 aliphatic heterocycles. The van der Waals surface area contributed by atoms with Gasteiger partial charge in [0, 0.05) is 0 Å². The topological polar surface area (TPSA) is 116 Å². The molecule has 0 saturated carbocycles. The van der Waals surface area contributed by atoms with E-state index < -0.39 is 30.9 Å². The van der Waals surface area contributed by atoms with Crippen LogP contribution in [-0.2, 0) is 9.53 Å². The largest absolute Gasteiger partial charge is 0.491 e. The van der Waals surface area contributed by atoms with Gasteiger partial charge in [-0.1, -0.05) is 30.1 Å². The first-order chi connectivity index (χ1) is 13.9. The van der Waals surface area contributed by atoms with Crippen LogP contribution in [0.3, 0.4) is 0 Å². The van der Waals surface area contributed by atoms with Crippen LogP contribution in [0.1, 0.15) is 0 Å². The summed E-state index contributed by atoms with van der Waals surface area (Å²) in [5.41, 5.74) is 0. The van der Waals surface area contributed by atoms with Crippen LogP contribution in [0.4, 0.5) is 4.39 Å². The van der Waals surface area contributed by atoms with Crippen LogP contribution in [0, 0.1) is 17.7 Å². The van der Waals surface area contributed by atoms with Gasteiger partial charge in [0.1, 0.15) is 43.1 Å². The summed E-state index contributed by atoms with van der Waals surface area (Å²) >= 11 is 0. The van der Waals surface area contributed by atoms with Crippen LogP contribution in [0.15, 0.2) is 60.7 Å². The minimum atomic E-state index is -1.24. The van der Waals surface area contributed by atoms with E-state index in [1.54, 1.807) is 0 Å². The molecule has 0 aromatic heterocycles. The molecule has 0 heterocycles. The first-order valence-electron chi connectivity index (χ1n) is 8.61. The lowest BCUT2D eigenvalue weighted by molar-refractivity contribution is -0.143. The van der Waals surface area contributed by atoms with E-state index in [1.807, 2.05) is 0 Å². The highest BCUT2D eigenvalue weighted by molar-refractivity contribution is 5.67. The zero-order chi connectivity index (χ0) is 21.5. The second-order valence-electron chi connectivity index (χ2n) is 5.69. The molecular weight excluding hydrogens is 383 g/mol. The molecule has 156 valence electrons. The molecule has 1 aromatic carbocycles. The summed E-state index contributed by atoms with van der Waals surface area (Å²) in [7, 11) is 0. The molecule has 8 heteroatoms. The molecule has 0 radical (unpaired) electrons. The quantitative estimate of drug-likeness (QED) is 0.321. The number of aliphatic hydroxyl groups is 3. The molecule has 0 aliphatic carbocycles. The van der Waals surface area contributed by atoms with Gasteiger partial charge in [0.25, 0.3) is 0 Å². The van der Waals surface area contributed by atoms with Gasteiger partial charge in [-0.25, -0.2) is 9.18 Å². The van der Waals surface area contributed by atoms with Gasteiger partial charge in [-0.05, 0) is 42.5 Å². The Morgan fingerprint density at radius 3 is 2.41 bits per heavy atom. The number of aliphatic carboxylic acids is 1. The van der Waals surface area contributed by atoms with E-state index in [0.29, 0.717) is 5.75 Å². The average Bonchev–Trinajstić information content (AvgIpc) is 2.69. The minimum absolute atomic E-state index is 0.00121. The third-order valence-electron chi connectivity index (χ3n) is 3.23. The van der Waals surface area contributed by atoms with Crippen molar-refractivity contribution >= 4 is 5.97 Å². The fourth-order valence-corrected chi connectivity index (χ4v) is 1.80. The molecular formula is C21H23FO7. The van der Waals surface area contributed by atoms with Gasteiger partial charge in [-0.3, -0.25) is 0 Å². The number of halogens is 1. The lowest BCUT2D eigenvalue weighted by Crippen LogP contribution is -2.29. The Balaban J connectivity index is 2.27. The lowest BCUT2D eigenvalue weighted by atomic mass is 10.2. The molecule has 0 amide bonds. The summed E-state index contributed by atoms with van der Waals surface area (Å²) in [5, 5.41) is 37.3. The maximum atomic E-state index is 12.8. The predicted molar refractivity (Wildman–Crippen MR) is 104 cm³/mol. The van der Waals surface area contributed by atoms with Crippen molar-refractivity contribution in [2.45, 2.75) is 18.3 Å². The number of benzene rings is 1. The van der Waals surface area contributed by atoms with Crippen molar-refractivity contribution in [2.24, 2.45) is 0 Å². The highest BCUT2D eigenvalue weighted by atomic mass is 19.1. The predicted octanol–water partition coefficient (Wildman–Crippen LogP) is 1.06. The summed E-state index contributed by atoms with van der Waals surface area (Å²) in [6.07, 6.45) is 5.35. The summed E-state index contributed by atoms with van der Waals surface area (Å²) in [6.45, 7) is -0.859. The molecule has 1 aromatic rings. The molecule has 0 unspecified atom stereocenters. The molecule has 0 bridgehead atoms. The first kappa shape index (κ1) is 24.1. The van der Waals surface area contributed by atoms with Crippen molar-refractivity contribution in [2.75, 3.05) is 19.8 Å². The van der Waals surface area contributed by atoms with Gasteiger partial charge >= 0.3 is 5.97 Å². The van der Waals surface area contributed by atoms with Crippen molar-refractivity contribution < 1.29 is 39.1 Å². The van der Waals surface area contributed by atoms with Crippen molar-refractivity contribution in [3.8, 4) is 17.6 Å². The molecule has 7 nitrogen and oxygen atoms in total. The van der Waals surface area contributed by atoms with Crippen LogP contribution >= 0.6 is 0 Å². The second kappa shape index (κ2) is 14.1. The van der Waals surface area contributed by atoms with Gasteiger partial charge in [0.05, 0.1) is 6.61 Å². The Labute approximate surface area is 168 Å². The normalized spacial score (nSPS) is 14.6. The Morgan fingerprint density at radius 1 is 1.03 bits per heavy atom. The molecule has 29 heavy (non-hydrogen) atoms. The average molecular weight is 406 g/mol. The van der Waals surface area contributed by atoms with Gasteiger partial charge in [-0.2, -0.15) is 0 Å². The van der Waals surface area contributed by atoms with Crippen molar-refractivity contribution in [3.63, 3.8) is 0 Å². The number of hydrogen-bond acceptors (Lipinski definition) is 6. The van der Waals surface area contributed by atoms with Gasteiger partial charge in [-0.15, -0.1) is 0 Å². The number of carboxylic acids is 1. The fraction of sp³-hybridized carbons (Fsp3) is 0.286. The lowest BCUT2D eigenvalue weighted by Gasteiger charge is -2.13. The third-order valence-corrected chi connectivity index (χ3v) is 3.23. The van der Waals surface area contributed by atoms with Gasteiger partial charge < -0.3 is 29.9 Å². The standard InChI is InChI=1S/C21H23FO7/c22-16-9-11-18(12-10-16)29-13-17(23)7-5-3-1-2-4-6-8-19(24)20(25)14-28-15-21(26)27/h2,4-12,17,19-20,23-25H,13-15H2,(H,26,27)/b4-2+,7-5+,8-6+/t17-,19-,20-/m1/s1. The summed E-state index contributed by atoms with van der Waals surface area (Å²) in [6, 6.07) is 5.44. The first-order valence-corrected chi connectivity index (χ1v) is 8.61. The molecule has 1 rings (SSSR count). The number of ether oxygens (including phenoxy) is 2. The maximum absolute atomic E-state index is 12.8. The van der Waals surface area contributed by atoms with Crippen LogP contribution < -0.4 is 4.74 Å². The van der Waals surface area contributed by atoms with E-state index in [2.05, 4.69) is 16.6 Å². The van der Waals surface area contributed by atoms with E-state index >= 15 is 0 Å². The van der Waals surface area contributed by atoms with Crippen LogP contribution in [0.2, 0.25) is 0 Å². The SMILES string of the molecule is O=C(O)COC[C@@H](O)[C@H](O)/C=C/C=C/C#C/C=C/[C@@H](O)COc1ccc(F)cc1. The third kappa shape index (κ3) is 12.2. The fourth-order valence-electron chi connectivity index (χ4n) is 1.80. The number of aliphatic hydroxyl groups excluding tert-OH is 3. The molecule has 3 atom stereocenters. The van der Waals surface area contributed by atoms with Crippen molar-refractivity contribution in [1.29, 1.82) is 0 Å². The highest BCUT2D eigenvalue weighted by Crippen LogP contribution is 2.11. The van der Waals surface area contributed by atoms with Crippen LogP contribution in [-0.4, -0.2) is 64.5 Å². The number of carboxylic acid groups (broad SMARTS) is 1. The van der Waals surface area contributed by atoms with Crippen molar-refractivity contribution in [3.05, 3.63) is 66.5 Å². The molecule has 0 fully saturated rings. The molecule has 0 aliphatic rings. The maximum Gasteiger partial charge on any atom is 0.329 e. The smallest absolute Gasteiger partial charge is 0.329 e. The summed E-state index contributed by atoms with van der Waals surface area (Å²) in [5.74, 6) is 4.26. The van der Waals surface area contributed by atoms with E-state index in [-0.39, 0.29) is 19.0 Å². The zero-order valence-electron chi connectivity index (χ0n) is 15.5. The number of allylic oxidation sites excluding steroid dienone is 4. The van der Waals surface area contributed by atoms with E-state index in [9.17, 15) is 24.5 Å². The molecule has 4 N–H and O–H groups in total. The van der Waals surface area contributed by atoms with Gasteiger partial charge in [0.2, 0.25) is 0 Å². The second-order valence-corrected chi connectivity index (χ2v) is 5.69.